The Labute approximate surface area is 592 Å². The van der Waals surface area contributed by atoms with Crippen LogP contribution < -0.4 is 0 Å². The van der Waals surface area contributed by atoms with E-state index in [4.69, 9.17) is 4.98 Å². The van der Waals surface area contributed by atoms with Crippen molar-refractivity contribution in [2.24, 2.45) is 0 Å². The van der Waals surface area contributed by atoms with E-state index in [1.807, 2.05) is 12.3 Å². The van der Waals surface area contributed by atoms with Crippen LogP contribution in [-0.4, -0.2) is 27.8 Å². The van der Waals surface area contributed by atoms with Gasteiger partial charge in [-0.15, -0.1) is 0 Å². The average molecular weight is 1310 g/mol. The topological polar surface area (TPSA) is 61.3 Å². The smallest absolute Gasteiger partial charge is 0.145 e. The maximum absolute atomic E-state index is 13.6. The van der Waals surface area contributed by atoms with Crippen LogP contribution in [0.1, 0.15) is 5.56 Å². The zero-order valence-electron chi connectivity index (χ0n) is 55.7. The van der Waals surface area contributed by atoms with Crippen LogP contribution in [0.25, 0.3) is 193 Å². The van der Waals surface area contributed by atoms with Crippen molar-refractivity contribution in [3.63, 3.8) is 0 Å². The van der Waals surface area contributed by atoms with Gasteiger partial charge in [0.2, 0.25) is 0 Å². The second-order valence-corrected chi connectivity index (χ2v) is 26.8. The molecule has 6 aromatic heterocycles. The molecule has 103 heavy (non-hydrogen) atoms. The molecule has 0 aliphatic carbocycles. The van der Waals surface area contributed by atoms with Crippen molar-refractivity contribution in [1.82, 2.24) is 27.8 Å². The van der Waals surface area contributed by atoms with E-state index < -0.39 is 0 Å². The van der Waals surface area contributed by atoms with Crippen LogP contribution >= 0.6 is 0 Å². The Morgan fingerprint density at radius 1 is 0.214 bits per heavy atom. The molecule has 6 heterocycles. The number of para-hydroxylation sites is 5. The molecule has 0 aliphatic rings. The summed E-state index contributed by atoms with van der Waals surface area (Å²) in [6.07, 6.45) is 1.90. The Kier molecular flexibility index (Phi) is 13.0. The number of nitrogens with zero attached hydrogens (tertiary/aromatic N) is 7. The van der Waals surface area contributed by atoms with Gasteiger partial charge in [-0.25, -0.2) is 4.98 Å². The van der Waals surface area contributed by atoms with Crippen molar-refractivity contribution in [2.75, 3.05) is 0 Å². The molecule has 0 amide bonds. The van der Waals surface area contributed by atoms with Gasteiger partial charge in [0.05, 0.1) is 72.4 Å². The van der Waals surface area contributed by atoms with Gasteiger partial charge < -0.3 is 18.3 Å². The average Bonchev–Trinajstić information content (AvgIpc) is 1.60. The summed E-state index contributed by atoms with van der Waals surface area (Å²) in [5.41, 5.74) is 25.0. The molecule has 0 saturated carbocycles. The number of rotatable bonds is 10. The van der Waals surface area contributed by atoms with Gasteiger partial charge in [0.25, 0.3) is 0 Å². The number of benzene rings is 15. The molecule has 0 spiro atoms. The van der Waals surface area contributed by atoms with Gasteiger partial charge in [0.1, 0.15) is 17.3 Å². The van der Waals surface area contributed by atoms with Crippen LogP contribution in [0, 0.1) is 11.3 Å². The fraction of sp³-hybridized carbons (Fsp3) is 0. The molecule has 21 aromatic rings. The van der Waals surface area contributed by atoms with Crippen LogP contribution in [0.2, 0.25) is 0 Å². The maximum atomic E-state index is 13.6. The molecule has 15 aromatic carbocycles. The Morgan fingerprint density at radius 2 is 0.505 bits per heavy atom. The summed E-state index contributed by atoms with van der Waals surface area (Å²) >= 11 is 0. The zero-order chi connectivity index (χ0) is 67.8. The Morgan fingerprint density at radius 3 is 0.864 bits per heavy atom. The highest BCUT2D eigenvalue weighted by molar-refractivity contribution is 6.19. The highest BCUT2D eigenvalue weighted by Gasteiger charge is 2.36. The SMILES string of the molecule is N#Cc1c(-n2c3ccccc3c3cc(-c4ccccc4)ccc32)c(-n2c3ccccc3c3cc(-c4ccccc4)ccc32)c(-c2cccc(-n3c4ccccc4c4cccnc43)c2)c(-n2c3ccccc3c3cc(-c4ccccc4)ccc32)c1-n1c2ccccc2c2cc(-c3ccccc3)ccc21. The predicted octanol–water partition coefficient (Wildman–Crippen LogP) is 24.8. The van der Waals surface area contributed by atoms with Crippen LogP contribution in [-0.2, 0) is 0 Å². The molecule has 0 unspecified atom stereocenters. The van der Waals surface area contributed by atoms with E-state index in [-0.39, 0.29) is 0 Å². The monoisotopic (exact) mass is 1310 g/mol. The summed E-state index contributed by atoms with van der Waals surface area (Å²) in [5, 5.41) is 24.4. The molecule has 478 valence electrons. The molecule has 0 bridgehead atoms. The van der Waals surface area contributed by atoms with Crippen LogP contribution in [0.15, 0.2) is 358 Å². The first-order valence-electron chi connectivity index (χ1n) is 35.1. The summed E-state index contributed by atoms with van der Waals surface area (Å²) in [6, 6.07) is 131. The molecule has 7 nitrogen and oxygen atoms in total. The van der Waals surface area contributed by atoms with Crippen LogP contribution in [0.3, 0.4) is 0 Å². The van der Waals surface area contributed by atoms with E-state index in [1.54, 1.807) is 0 Å². The lowest BCUT2D eigenvalue weighted by atomic mass is 9.93. The summed E-state index contributed by atoms with van der Waals surface area (Å²) in [5.74, 6) is 0. The van der Waals surface area contributed by atoms with Gasteiger partial charge >= 0.3 is 0 Å². The normalized spacial score (nSPS) is 11.9. The lowest BCUT2D eigenvalue weighted by Crippen LogP contribution is -2.16. The number of nitriles is 1. The summed E-state index contributed by atoms with van der Waals surface area (Å²) in [7, 11) is 0. The maximum Gasteiger partial charge on any atom is 0.145 e. The molecule has 0 fully saturated rings. The largest absolute Gasteiger partial charge is 0.306 e. The number of hydrogen-bond acceptors (Lipinski definition) is 2. The van der Waals surface area contributed by atoms with E-state index in [0.717, 1.165) is 193 Å². The molecular weight excluding hydrogens is 1250 g/mol. The molecule has 7 heteroatoms. The lowest BCUT2D eigenvalue weighted by Gasteiger charge is -2.29. The summed E-state index contributed by atoms with van der Waals surface area (Å²) < 4.78 is 12.2. The van der Waals surface area contributed by atoms with E-state index in [9.17, 15) is 5.26 Å². The van der Waals surface area contributed by atoms with Gasteiger partial charge in [-0.05, 0) is 153 Å². The van der Waals surface area contributed by atoms with E-state index >= 15 is 0 Å². The number of hydrogen-bond donors (Lipinski definition) is 0. The highest BCUT2D eigenvalue weighted by Crippen LogP contribution is 2.53. The number of pyridine rings is 1. The molecule has 0 radical (unpaired) electrons. The van der Waals surface area contributed by atoms with Gasteiger partial charge in [0.15, 0.2) is 0 Å². The van der Waals surface area contributed by atoms with Gasteiger partial charge in [-0.1, -0.05) is 249 Å². The quantitative estimate of drug-likeness (QED) is 0.137. The van der Waals surface area contributed by atoms with Crippen molar-refractivity contribution in [1.29, 1.82) is 5.26 Å². The van der Waals surface area contributed by atoms with E-state index in [0.29, 0.717) is 5.56 Å². The van der Waals surface area contributed by atoms with Crippen LogP contribution in [0.4, 0.5) is 0 Å². The predicted molar refractivity (Wildman–Crippen MR) is 428 cm³/mol. The minimum Gasteiger partial charge on any atom is -0.306 e. The zero-order valence-corrected chi connectivity index (χ0v) is 55.7. The number of aromatic nitrogens is 6. The van der Waals surface area contributed by atoms with Crippen LogP contribution in [0.5, 0.6) is 0 Å². The van der Waals surface area contributed by atoms with Gasteiger partial charge in [0, 0.05) is 71.3 Å². The molecule has 0 atom stereocenters. The van der Waals surface area contributed by atoms with E-state index in [1.165, 1.54) is 0 Å². The minimum absolute atomic E-state index is 0.486. The molecule has 0 N–H and O–H groups in total. The Hall–Kier alpha value is -14.1. The third kappa shape index (κ3) is 8.78. The van der Waals surface area contributed by atoms with Crippen molar-refractivity contribution in [3.8, 4) is 90.1 Å². The Bertz CT molecular complexity index is 6710. The highest BCUT2D eigenvalue weighted by atomic mass is 15.1. The molecule has 0 aliphatic heterocycles. The molecule has 21 rings (SSSR count). The first kappa shape index (κ1) is 58.0. The second kappa shape index (κ2) is 23.0. The minimum atomic E-state index is 0.486. The van der Waals surface area contributed by atoms with Gasteiger partial charge in [-0.3, -0.25) is 4.57 Å². The van der Waals surface area contributed by atoms with E-state index in [2.05, 4.69) is 375 Å². The fourth-order valence-electron chi connectivity index (χ4n) is 16.9. The molecule has 0 saturated heterocycles. The standard InChI is InChI=1S/C96H59N7/c97-60-81-92(100-83-42-19-14-36-72(83)77-56-65(46-50-87(77)100)61-25-5-1-6-26-61)94(102-85-44-21-16-38-74(85)79-58-67(48-52-89(79)102)63-29-9-3-10-30-63)91(69-33-23-34-70(55-69)99-82-41-18-13-35-71(82)76-40-24-54-98-96(76)99)95(103-86-45-22-17-39-75(86)80-59-68(49-53-90(80)103)64-31-11-4-12-32-64)93(81)101-84-43-20-15-37-73(84)78-57-66(47-51-88(78)101)62-27-7-2-8-28-62/h1-59H. The van der Waals surface area contributed by atoms with Crippen molar-refractivity contribution in [3.05, 3.63) is 364 Å². The molecular formula is C96H59N7. The third-order valence-electron chi connectivity index (χ3n) is 21.3. The number of fused-ring (bicyclic) bond motifs is 15. The van der Waals surface area contributed by atoms with Gasteiger partial charge in [-0.2, -0.15) is 5.26 Å². The summed E-state index contributed by atoms with van der Waals surface area (Å²) in [6.45, 7) is 0. The first-order chi connectivity index (χ1) is 51.1. The Balaban J connectivity index is 1.04. The van der Waals surface area contributed by atoms with Crippen molar-refractivity contribution in [2.45, 2.75) is 0 Å². The third-order valence-corrected chi connectivity index (χ3v) is 21.3. The second-order valence-electron chi connectivity index (χ2n) is 26.8. The van der Waals surface area contributed by atoms with Crippen molar-refractivity contribution < 1.29 is 0 Å². The first-order valence-corrected chi connectivity index (χ1v) is 35.1. The van der Waals surface area contributed by atoms with Crippen molar-refractivity contribution >= 4 is 109 Å². The lowest BCUT2D eigenvalue weighted by molar-refractivity contribution is 1.04. The summed E-state index contributed by atoms with van der Waals surface area (Å²) in [4.78, 5) is 5.21. The fourth-order valence-corrected chi connectivity index (χ4v) is 16.9.